The van der Waals surface area contributed by atoms with Crippen LogP contribution in [0.2, 0.25) is 0 Å². The van der Waals surface area contributed by atoms with Gasteiger partial charge in [-0.2, -0.15) is 0 Å². The third-order valence-electron chi connectivity index (χ3n) is 2.05. The van der Waals surface area contributed by atoms with Crippen molar-refractivity contribution in [1.82, 2.24) is 0 Å². The number of hydrogen-bond acceptors (Lipinski definition) is 1. The van der Waals surface area contributed by atoms with Gasteiger partial charge in [0.2, 0.25) is 0 Å². The van der Waals surface area contributed by atoms with Crippen LogP contribution in [-0.2, 0) is 17.6 Å². The molecule has 0 aromatic heterocycles. The van der Waals surface area contributed by atoms with Crippen LogP contribution in [-0.4, -0.2) is 11.7 Å². The van der Waals surface area contributed by atoms with Gasteiger partial charge in [-0.15, -0.1) is 11.6 Å². The molecule has 3 heteroatoms. The number of hydrogen-bond donors (Lipinski definition) is 0. The predicted octanol–water partition coefficient (Wildman–Crippen LogP) is 3.20. The number of Topliss-reactive ketones (excluding diaryl/α,β-unsaturated/α-hetero) is 1. The molecule has 0 saturated carbocycles. The van der Waals surface area contributed by atoms with E-state index in [9.17, 15) is 4.79 Å². The monoisotopic (exact) mass is 322 g/mol. The number of carbonyl (C=O) groups is 1. The largest absolute Gasteiger partial charge is 0.298 e. The minimum atomic E-state index is 0.0757. The van der Waals surface area contributed by atoms with Crippen molar-refractivity contribution in [3.63, 3.8) is 0 Å². The summed E-state index contributed by atoms with van der Waals surface area (Å²) in [7, 11) is 0. The maximum absolute atomic E-state index is 11.1. The molecule has 0 aliphatic carbocycles. The van der Waals surface area contributed by atoms with E-state index in [-0.39, 0.29) is 11.7 Å². The van der Waals surface area contributed by atoms with Crippen LogP contribution in [0.15, 0.2) is 18.2 Å². The van der Waals surface area contributed by atoms with Gasteiger partial charge in [-0.1, -0.05) is 19.1 Å². The molecule has 0 N–H and O–H groups in total. The molecule has 0 aliphatic rings. The molecule has 0 amide bonds. The van der Waals surface area contributed by atoms with E-state index in [1.807, 2.05) is 6.07 Å². The number of alkyl halides is 1. The molecule has 1 aromatic rings. The number of rotatable bonds is 4. The van der Waals surface area contributed by atoms with E-state index < -0.39 is 0 Å². The van der Waals surface area contributed by atoms with E-state index in [0.29, 0.717) is 6.42 Å². The Morgan fingerprint density at radius 2 is 2.21 bits per heavy atom. The second kappa shape index (κ2) is 5.71. The van der Waals surface area contributed by atoms with Gasteiger partial charge in [0.15, 0.2) is 5.78 Å². The lowest BCUT2D eigenvalue weighted by Gasteiger charge is -2.04. The van der Waals surface area contributed by atoms with E-state index in [0.717, 1.165) is 12.0 Å². The Morgan fingerprint density at radius 1 is 1.50 bits per heavy atom. The van der Waals surface area contributed by atoms with Crippen molar-refractivity contribution < 1.29 is 4.79 Å². The van der Waals surface area contributed by atoms with Crippen molar-refractivity contribution in [3.8, 4) is 0 Å². The topological polar surface area (TPSA) is 17.1 Å². The molecule has 0 heterocycles. The molecule has 1 aromatic carbocycles. The Labute approximate surface area is 103 Å². The summed E-state index contributed by atoms with van der Waals surface area (Å²) in [4.78, 5) is 11.1. The van der Waals surface area contributed by atoms with Gasteiger partial charge in [0, 0.05) is 9.99 Å². The fraction of sp³-hybridized carbons (Fsp3) is 0.364. The summed E-state index contributed by atoms with van der Waals surface area (Å²) in [6.07, 6.45) is 1.48. The highest BCUT2D eigenvalue weighted by Crippen LogP contribution is 2.15. The normalized spacial score (nSPS) is 10.2. The summed E-state index contributed by atoms with van der Waals surface area (Å²) in [5, 5.41) is 0. The molecule has 0 aliphatic heterocycles. The molecule has 0 spiro atoms. The van der Waals surface area contributed by atoms with Crippen LogP contribution >= 0.6 is 34.2 Å². The van der Waals surface area contributed by atoms with Gasteiger partial charge in [0.1, 0.15) is 0 Å². The molecule has 76 valence electrons. The van der Waals surface area contributed by atoms with E-state index >= 15 is 0 Å². The number of carbonyl (C=O) groups excluding carboxylic acids is 1. The molecule has 0 bridgehead atoms. The van der Waals surface area contributed by atoms with Gasteiger partial charge in [0.05, 0.1) is 5.88 Å². The molecule has 14 heavy (non-hydrogen) atoms. The van der Waals surface area contributed by atoms with Crippen molar-refractivity contribution in [3.05, 3.63) is 32.9 Å². The van der Waals surface area contributed by atoms with Crippen LogP contribution in [0.1, 0.15) is 18.1 Å². The van der Waals surface area contributed by atoms with E-state index in [4.69, 9.17) is 11.6 Å². The van der Waals surface area contributed by atoms with Crippen LogP contribution in [0.3, 0.4) is 0 Å². The van der Waals surface area contributed by atoms with Crippen LogP contribution < -0.4 is 0 Å². The third kappa shape index (κ3) is 3.24. The third-order valence-corrected chi connectivity index (χ3v) is 3.35. The summed E-state index contributed by atoms with van der Waals surface area (Å²) >= 11 is 7.75. The zero-order valence-corrected chi connectivity index (χ0v) is 10.9. The number of aryl methyl sites for hydroxylation is 1. The highest BCUT2D eigenvalue weighted by molar-refractivity contribution is 14.1. The molecule has 0 fully saturated rings. The predicted molar refractivity (Wildman–Crippen MR) is 68.0 cm³/mol. The first-order chi connectivity index (χ1) is 6.67. The van der Waals surface area contributed by atoms with Gasteiger partial charge in [-0.25, -0.2) is 0 Å². The first-order valence-corrected chi connectivity index (χ1v) is 6.13. The number of benzene rings is 1. The van der Waals surface area contributed by atoms with Gasteiger partial charge in [-0.3, -0.25) is 4.79 Å². The Bertz CT molecular complexity index is 336. The average Bonchev–Trinajstić information content (AvgIpc) is 2.18. The second-order valence-corrected chi connectivity index (χ2v) is 4.56. The first-order valence-electron chi connectivity index (χ1n) is 4.52. The lowest BCUT2D eigenvalue weighted by atomic mass is 10.1. The molecule has 0 saturated heterocycles. The molecule has 0 radical (unpaired) electrons. The molecule has 1 rings (SSSR count). The summed E-state index contributed by atoms with van der Waals surface area (Å²) in [6, 6.07) is 6.15. The summed E-state index contributed by atoms with van der Waals surface area (Å²) in [5.74, 6) is 0.179. The fourth-order valence-corrected chi connectivity index (χ4v) is 2.32. The highest BCUT2D eigenvalue weighted by Gasteiger charge is 2.04. The van der Waals surface area contributed by atoms with Crippen molar-refractivity contribution in [2.24, 2.45) is 0 Å². The lowest BCUT2D eigenvalue weighted by molar-refractivity contribution is -0.116. The molecular formula is C11H12ClIO. The van der Waals surface area contributed by atoms with E-state index in [1.54, 1.807) is 0 Å². The molecule has 0 unspecified atom stereocenters. The second-order valence-electron chi connectivity index (χ2n) is 3.13. The van der Waals surface area contributed by atoms with Crippen molar-refractivity contribution in [2.45, 2.75) is 19.8 Å². The Hall–Kier alpha value is -0.0900. The summed E-state index contributed by atoms with van der Waals surface area (Å²) < 4.78 is 1.23. The van der Waals surface area contributed by atoms with Crippen LogP contribution in [0.4, 0.5) is 0 Å². The maximum atomic E-state index is 11.1. The van der Waals surface area contributed by atoms with Crippen LogP contribution in [0.25, 0.3) is 0 Å². The highest BCUT2D eigenvalue weighted by atomic mass is 127. The van der Waals surface area contributed by atoms with Crippen LogP contribution in [0, 0.1) is 3.57 Å². The van der Waals surface area contributed by atoms with Crippen molar-refractivity contribution in [1.29, 1.82) is 0 Å². The van der Waals surface area contributed by atoms with Gasteiger partial charge >= 0.3 is 0 Å². The van der Waals surface area contributed by atoms with Crippen molar-refractivity contribution in [2.75, 3.05) is 5.88 Å². The lowest BCUT2D eigenvalue weighted by Crippen LogP contribution is -2.04. The number of halogens is 2. The Kier molecular flexibility index (Phi) is 4.89. The molecule has 0 atom stereocenters. The minimum absolute atomic E-state index is 0.0757. The quantitative estimate of drug-likeness (QED) is 0.614. The Morgan fingerprint density at radius 3 is 2.71 bits per heavy atom. The van der Waals surface area contributed by atoms with E-state index in [2.05, 4.69) is 41.6 Å². The maximum Gasteiger partial charge on any atom is 0.151 e. The minimum Gasteiger partial charge on any atom is -0.298 e. The first kappa shape index (κ1) is 12.0. The van der Waals surface area contributed by atoms with Gasteiger partial charge < -0.3 is 0 Å². The zero-order chi connectivity index (χ0) is 10.6. The molecular weight excluding hydrogens is 310 g/mol. The van der Waals surface area contributed by atoms with Gasteiger partial charge in [-0.05, 0) is 46.2 Å². The fourth-order valence-electron chi connectivity index (χ4n) is 1.26. The summed E-state index contributed by atoms with van der Waals surface area (Å²) in [6.45, 7) is 2.13. The molecule has 1 nitrogen and oxygen atoms in total. The SMILES string of the molecule is CCc1ccc(CC(=O)CCl)cc1I. The Balaban J connectivity index is 2.81. The zero-order valence-electron chi connectivity index (χ0n) is 8.02. The number of ketones is 1. The smallest absolute Gasteiger partial charge is 0.151 e. The average molecular weight is 323 g/mol. The van der Waals surface area contributed by atoms with Crippen LogP contribution in [0.5, 0.6) is 0 Å². The van der Waals surface area contributed by atoms with Crippen molar-refractivity contribution >= 4 is 40.0 Å². The standard InChI is InChI=1S/C11H12ClIO/c1-2-9-4-3-8(6-11(9)13)5-10(14)7-12/h3-4,6H,2,5,7H2,1H3. The summed E-state index contributed by atoms with van der Waals surface area (Å²) in [5.41, 5.74) is 2.38. The van der Waals surface area contributed by atoms with Gasteiger partial charge in [0.25, 0.3) is 0 Å². The van der Waals surface area contributed by atoms with E-state index in [1.165, 1.54) is 9.13 Å².